The smallest absolute Gasteiger partial charge is 0.319 e. The lowest BCUT2D eigenvalue weighted by atomic mass is 9.75. The minimum absolute atomic E-state index is 0.138. The van der Waals surface area contributed by atoms with E-state index >= 15 is 0 Å². The highest BCUT2D eigenvalue weighted by Gasteiger charge is 2.41. The molecule has 0 aliphatic carbocycles. The Balaban J connectivity index is 2.60. The number of carbonyl (C=O) groups excluding carboxylic acids is 1. The van der Waals surface area contributed by atoms with Crippen molar-refractivity contribution in [3.8, 4) is 0 Å². The number of urea groups is 1. The molecule has 1 heterocycles. The molecule has 0 aromatic carbocycles. The van der Waals surface area contributed by atoms with E-state index < -0.39 is 17.5 Å². The first-order valence-corrected chi connectivity index (χ1v) is 7.24. The SMILES string of the molecule is CCCC1(C(=O)O)CCN(C(=O)N(C)CC(C)O)CC1. The van der Waals surface area contributed by atoms with Crippen LogP contribution in [-0.2, 0) is 4.79 Å². The summed E-state index contributed by atoms with van der Waals surface area (Å²) < 4.78 is 0. The van der Waals surface area contributed by atoms with Crippen molar-refractivity contribution in [2.24, 2.45) is 5.41 Å². The van der Waals surface area contributed by atoms with Crippen LogP contribution in [0.1, 0.15) is 39.5 Å². The van der Waals surface area contributed by atoms with E-state index in [0.717, 1.165) is 6.42 Å². The molecule has 2 amide bonds. The highest BCUT2D eigenvalue weighted by atomic mass is 16.4. The van der Waals surface area contributed by atoms with Crippen LogP contribution in [0.15, 0.2) is 0 Å². The highest BCUT2D eigenvalue weighted by molar-refractivity contribution is 5.77. The minimum Gasteiger partial charge on any atom is -0.481 e. The van der Waals surface area contributed by atoms with E-state index in [9.17, 15) is 19.8 Å². The van der Waals surface area contributed by atoms with Crippen LogP contribution in [0.4, 0.5) is 4.79 Å². The summed E-state index contributed by atoms with van der Waals surface area (Å²) in [5.74, 6) is -0.746. The summed E-state index contributed by atoms with van der Waals surface area (Å²) in [6, 6.07) is -0.138. The maximum atomic E-state index is 12.2. The summed E-state index contributed by atoms with van der Waals surface area (Å²) in [6.45, 7) is 4.84. The first-order chi connectivity index (χ1) is 9.32. The molecule has 1 aliphatic heterocycles. The average molecular weight is 286 g/mol. The van der Waals surface area contributed by atoms with Crippen LogP contribution in [0.5, 0.6) is 0 Å². The normalized spacial score (nSPS) is 19.5. The largest absolute Gasteiger partial charge is 0.481 e. The van der Waals surface area contributed by atoms with Gasteiger partial charge in [0, 0.05) is 26.7 Å². The van der Waals surface area contributed by atoms with Crippen molar-refractivity contribution in [2.75, 3.05) is 26.7 Å². The van der Waals surface area contributed by atoms with Crippen molar-refractivity contribution in [3.05, 3.63) is 0 Å². The number of nitrogens with zero attached hydrogens (tertiary/aromatic N) is 2. The molecule has 1 saturated heterocycles. The molecule has 0 bridgehead atoms. The molecule has 1 unspecified atom stereocenters. The van der Waals surface area contributed by atoms with Gasteiger partial charge < -0.3 is 20.0 Å². The van der Waals surface area contributed by atoms with Crippen molar-refractivity contribution in [2.45, 2.75) is 45.6 Å². The number of aliphatic hydroxyl groups is 1. The van der Waals surface area contributed by atoms with E-state index in [1.165, 1.54) is 4.90 Å². The van der Waals surface area contributed by atoms with Crippen molar-refractivity contribution in [3.63, 3.8) is 0 Å². The van der Waals surface area contributed by atoms with Gasteiger partial charge in [0.15, 0.2) is 0 Å². The van der Waals surface area contributed by atoms with Gasteiger partial charge in [-0.2, -0.15) is 0 Å². The second-order valence-electron chi connectivity index (χ2n) is 5.83. The summed E-state index contributed by atoms with van der Waals surface area (Å²) in [6.07, 6.45) is 1.94. The molecular formula is C14H26N2O4. The zero-order valence-corrected chi connectivity index (χ0v) is 12.6. The first-order valence-electron chi connectivity index (χ1n) is 7.24. The summed E-state index contributed by atoms with van der Waals surface area (Å²) in [7, 11) is 1.65. The summed E-state index contributed by atoms with van der Waals surface area (Å²) in [5, 5.41) is 18.7. The molecule has 2 N–H and O–H groups in total. The van der Waals surface area contributed by atoms with E-state index in [1.54, 1.807) is 18.9 Å². The fraction of sp³-hybridized carbons (Fsp3) is 0.857. The second-order valence-corrected chi connectivity index (χ2v) is 5.83. The lowest BCUT2D eigenvalue weighted by molar-refractivity contribution is -0.152. The van der Waals surface area contributed by atoms with E-state index in [0.29, 0.717) is 32.4 Å². The lowest BCUT2D eigenvalue weighted by Gasteiger charge is -2.40. The van der Waals surface area contributed by atoms with Crippen LogP contribution in [0, 0.1) is 5.41 Å². The third kappa shape index (κ3) is 3.85. The molecule has 1 aliphatic rings. The van der Waals surface area contributed by atoms with Crippen LogP contribution in [0.3, 0.4) is 0 Å². The zero-order valence-electron chi connectivity index (χ0n) is 12.6. The van der Waals surface area contributed by atoms with E-state index in [2.05, 4.69) is 0 Å². The van der Waals surface area contributed by atoms with E-state index in [4.69, 9.17) is 0 Å². The predicted octanol–water partition coefficient (Wildman–Crippen LogP) is 1.39. The van der Waals surface area contributed by atoms with Gasteiger partial charge in [-0.15, -0.1) is 0 Å². The maximum Gasteiger partial charge on any atom is 0.319 e. The van der Waals surface area contributed by atoms with Gasteiger partial charge in [0.1, 0.15) is 0 Å². The van der Waals surface area contributed by atoms with Crippen LogP contribution >= 0.6 is 0 Å². The molecule has 116 valence electrons. The second kappa shape index (κ2) is 6.92. The van der Waals surface area contributed by atoms with E-state index in [-0.39, 0.29) is 12.6 Å². The molecule has 1 rings (SSSR count). The number of rotatable bonds is 5. The first kappa shape index (κ1) is 16.8. The molecule has 0 aromatic rings. The molecule has 20 heavy (non-hydrogen) atoms. The Morgan fingerprint density at radius 3 is 2.30 bits per heavy atom. The number of likely N-dealkylation sites (N-methyl/N-ethyl adjacent to an activating group) is 1. The molecule has 0 aromatic heterocycles. The van der Waals surface area contributed by atoms with Gasteiger partial charge in [-0.1, -0.05) is 13.3 Å². The number of aliphatic hydroxyl groups excluding tert-OH is 1. The van der Waals surface area contributed by atoms with Gasteiger partial charge in [-0.25, -0.2) is 4.79 Å². The van der Waals surface area contributed by atoms with Crippen LogP contribution in [-0.4, -0.2) is 64.8 Å². The van der Waals surface area contributed by atoms with Gasteiger partial charge in [0.2, 0.25) is 0 Å². The maximum absolute atomic E-state index is 12.2. The Hall–Kier alpha value is -1.30. The standard InChI is InChI=1S/C14H26N2O4/c1-4-5-14(12(18)19)6-8-16(9-7-14)13(20)15(3)10-11(2)17/h11,17H,4-10H2,1-3H3,(H,18,19). The Morgan fingerprint density at radius 1 is 1.35 bits per heavy atom. The lowest BCUT2D eigenvalue weighted by Crippen LogP contribution is -2.50. The van der Waals surface area contributed by atoms with Crippen molar-refractivity contribution in [1.82, 2.24) is 9.80 Å². The zero-order chi connectivity index (χ0) is 15.3. The number of carboxylic acids is 1. The topological polar surface area (TPSA) is 81.1 Å². The number of hydrogen-bond donors (Lipinski definition) is 2. The van der Waals surface area contributed by atoms with Crippen LogP contribution < -0.4 is 0 Å². The monoisotopic (exact) mass is 286 g/mol. The van der Waals surface area contributed by atoms with Crippen molar-refractivity contribution in [1.29, 1.82) is 0 Å². The predicted molar refractivity (Wildman–Crippen MR) is 75.5 cm³/mol. The number of amides is 2. The Kier molecular flexibility index (Phi) is 5.80. The van der Waals surface area contributed by atoms with Gasteiger partial charge in [0.05, 0.1) is 11.5 Å². The minimum atomic E-state index is -0.746. The fourth-order valence-corrected chi connectivity index (χ4v) is 2.89. The van der Waals surface area contributed by atoms with Crippen LogP contribution in [0.2, 0.25) is 0 Å². The van der Waals surface area contributed by atoms with Gasteiger partial charge in [0.25, 0.3) is 0 Å². The number of likely N-dealkylation sites (tertiary alicyclic amines) is 1. The van der Waals surface area contributed by atoms with Crippen molar-refractivity contribution >= 4 is 12.0 Å². The highest BCUT2D eigenvalue weighted by Crippen LogP contribution is 2.36. The Bertz CT molecular complexity index is 349. The molecule has 6 nitrogen and oxygen atoms in total. The van der Waals surface area contributed by atoms with E-state index in [1.807, 2.05) is 6.92 Å². The number of carboxylic acid groups (broad SMARTS) is 1. The number of carbonyl (C=O) groups is 2. The van der Waals surface area contributed by atoms with Gasteiger partial charge in [-0.3, -0.25) is 4.79 Å². The summed E-state index contributed by atoms with van der Waals surface area (Å²) in [5.41, 5.74) is -0.672. The van der Waals surface area contributed by atoms with Crippen LogP contribution in [0.25, 0.3) is 0 Å². The molecule has 0 saturated carbocycles. The third-order valence-electron chi connectivity index (χ3n) is 4.04. The molecule has 1 fully saturated rings. The summed E-state index contributed by atoms with van der Waals surface area (Å²) >= 11 is 0. The number of aliphatic carboxylic acids is 1. The quantitative estimate of drug-likeness (QED) is 0.800. The van der Waals surface area contributed by atoms with Gasteiger partial charge >= 0.3 is 12.0 Å². The van der Waals surface area contributed by atoms with Crippen molar-refractivity contribution < 1.29 is 19.8 Å². The molecule has 1 atom stereocenters. The number of hydrogen-bond acceptors (Lipinski definition) is 3. The fourth-order valence-electron chi connectivity index (χ4n) is 2.89. The average Bonchev–Trinajstić information content (AvgIpc) is 2.38. The van der Waals surface area contributed by atoms with Gasteiger partial charge in [-0.05, 0) is 26.2 Å². The summed E-state index contributed by atoms with van der Waals surface area (Å²) in [4.78, 5) is 26.8. The molecule has 0 spiro atoms. The molecule has 0 radical (unpaired) electrons. The number of piperidine rings is 1. The molecule has 6 heteroatoms. The molecular weight excluding hydrogens is 260 g/mol. The third-order valence-corrected chi connectivity index (χ3v) is 4.04. The Morgan fingerprint density at radius 2 is 1.90 bits per heavy atom. The Labute approximate surface area is 120 Å².